The van der Waals surface area contributed by atoms with Crippen LogP contribution >= 0.6 is 23.4 Å². The Bertz CT molecular complexity index is 685. The summed E-state index contributed by atoms with van der Waals surface area (Å²) in [4.78, 5) is 24.6. The highest BCUT2D eigenvalue weighted by atomic mass is 35.5. The lowest BCUT2D eigenvalue weighted by atomic mass is 10.1. The van der Waals surface area contributed by atoms with Gasteiger partial charge < -0.3 is 5.32 Å². The second-order valence-electron chi connectivity index (χ2n) is 4.84. The van der Waals surface area contributed by atoms with Crippen molar-refractivity contribution < 1.29 is 9.59 Å². The quantitative estimate of drug-likeness (QED) is 0.639. The SMILES string of the molecule is CC(=O)c1cccc(NC(=O)[C@@H](C)Sc2ccc(Cl)cc2)c1. The number of anilines is 1. The van der Waals surface area contributed by atoms with E-state index in [1.807, 2.05) is 19.1 Å². The lowest BCUT2D eigenvalue weighted by Gasteiger charge is -2.12. The van der Waals surface area contributed by atoms with Gasteiger partial charge in [-0.05, 0) is 50.2 Å². The summed E-state index contributed by atoms with van der Waals surface area (Å²) in [6.07, 6.45) is 0. The van der Waals surface area contributed by atoms with Crippen LogP contribution in [0.5, 0.6) is 0 Å². The molecule has 22 heavy (non-hydrogen) atoms. The van der Waals surface area contributed by atoms with E-state index >= 15 is 0 Å². The molecule has 0 bridgehead atoms. The van der Waals surface area contributed by atoms with Crippen molar-refractivity contribution in [2.75, 3.05) is 5.32 Å². The number of halogens is 1. The summed E-state index contributed by atoms with van der Waals surface area (Å²) in [7, 11) is 0. The van der Waals surface area contributed by atoms with Crippen LogP contribution in [-0.4, -0.2) is 16.9 Å². The summed E-state index contributed by atoms with van der Waals surface area (Å²) >= 11 is 7.29. The molecule has 5 heteroatoms. The summed E-state index contributed by atoms with van der Waals surface area (Å²) in [6, 6.07) is 14.3. The molecule has 1 N–H and O–H groups in total. The molecule has 2 aromatic carbocycles. The second-order valence-corrected chi connectivity index (χ2v) is 6.69. The third-order valence-electron chi connectivity index (χ3n) is 3.03. The fraction of sp³-hybridized carbons (Fsp3) is 0.176. The van der Waals surface area contributed by atoms with E-state index in [1.165, 1.54) is 18.7 Å². The largest absolute Gasteiger partial charge is 0.325 e. The number of rotatable bonds is 5. The smallest absolute Gasteiger partial charge is 0.237 e. The van der Waals surface area contributed by atoms with Crippen molar-refractivity contribution in [3.8, 4) is 0 Å². The minimum absolute atomic E-state index is 0.0281. The normalized spacial score (nSPS) is 11.8. The molecule has 0 radical (unpaired) electrons. The predicted molar refractivity (Wildman–Crippen MR) is 91.8 cm³/mol. The van der Waals surface area contributed by atoms with Gasteiger partial charge in [0, 0.05) is 21.2 Å². The molecule has 0 aliphatic carbocycles. The van der Waals surface area contributed by atoms with Crippen molar-refractivity contribution in [2.45, 2.75) is 24.0 Å². The van der Waals surface area contributed by atoms with Gasteiger partial charge in [-0.3, -0.25) is 9.59 Å². The van der Waals surface area contributed by atoms with Gasteiger partial charge in [0.05, 0.1) is 5.25 Å². The summed E-state index contributed by atoms with van der Waals surface area (Å²) in [5.41, 5.74) is 1.21. The van der Waals surface area contributed by atoms with Gasteiger partial charge in [0.1, 0.15) is 0 Å². The van der Waals surface area contributed by atoms with Gasteiger partial charge in [-0.25, -0.2) is 0 Å². The molecule has 0 aliphatic heterocycles. The van der Waals surface area contributed by atoms with Crippen LogP contribution in [0.3, 0.4) is 0 Å². The van der Waals surface area contributed by atoms with Crippen LogP contribution in [0.4, 0.5) is 5.69 Å². The van der Waals surface area contributed by atoms with Crippen LogP contribution in [0.25, 0.3) is 0 Å². The highest BCUT2D eigenvalue weighted by molar-refractivity contribution is 8.00. The molecule has 0 saturated heterocycles. The van der Waals surface area contributed by atoms with E-state index in [1.54, 1.807) is 36.4 Å². The molecule has 0 aromatic heterocycles. The minimum Gasteiger partial charge on any atom is -0.325 e. The maximum atomic E-state index is 12.2. The molecular weight excluding hydrogens is 318 g/mol. The van der Waals surface area contributed by atoms with Gasteiger partial charge in [-0.1, -0.05) is 23.7 Å². The average molecular weight is 334 g/mol. The maximum absolute atomic E-state index is 12.2. The molecular formula is C17H16ClNO2S. The number of hydrogen-bond donors (Lipinski definition) is 1. The number of Topliss-reactive ketones (excluding diaryl/α,β-unsaturated/α-hetero) is 1. The predicted octanol–water partition coefficient (Wildman–Crippen LogP) is 4.66. The molecule has 0 fully saturated rings. The molecule has 0 aliphatic rings. The van der Waals surface area contributed by atoms with Gasteiger partial charge in [-0.2, -0.15) is 0 Å². The number of hydrogen-bond acceptors (Lipinski definition) is 3. The third kappa shape index (κ3) is 4.61. The Hall–Kier alpha value is -1.78. The first-order valence-electron chi connectivity index (χ1n) is 6.80. The van der Waals surface area contributed by atoms with Crippen molar-refractivity contribution in [1.29, 1.82) is 0 Å². The molecule has 2 aromatic rings. The number of thioether (sulfide) groups is 1. The van der Waals surface area contributed by atoms with Crippen molar-refractivity contribution in [1.82, 2.24) is 0 Å². The topological polar surface area (TPSA) is 46.2 Å². The maximum Gasteiger partial charge on any atom is 0.237 e. The van der Waals surface area contributed by atoms with E-state index in [9.17, 15) is 9.59 Å². The monoisotopic (exact) mass is 333 g/mol. The van der Waals surface area contributed by atoms with Gasteiger partial charge in [0.25, 0.3) is 0 Å². The summed E-state index contributed by atoms with van der Waals surface area (Å²) in [5, 5.41) is 3.24. The van der Waals surface area contributed by atoms with Crippen LogP contribution < -0.4 is 5.32 Å². The number of ketones is 1. The lowest BCUT2D eigenvalue weighted by Crippen LogP contribution is -2.22. The van der Waals surface area contributed by atoms with Crippen LogP contribution in [0, 0.1) is 0 Å². The number of carbonyl (C=O) groups excluding carboxylic acids is 2. The Morgan fingerprint density at radius 1 is 1.14 bits per heavy atom. The molecule has 1 atom stereocenters. The van der Waals surface area contributed by atoms with E-state index in [2.05, 4.69) is 5.32 Å². The third-order valence-corrected chi connectivity index (χ3v) is 4.40. The molecule has 0 unspecified atom stereocenters. The van der Waals surface area contributed by atoms with Crippen molar-refractivity contribution in [2.24, 2.45) is 0 Å². The standard InChI is InChI=1S/C17H16ClNO2S/c1-11(20)13-4-3-5-15(10-13)19-17(21)12(2)22-16-8-6-14(18)7-9-16/h3-10,12H,1-2H3,(H,19,21)/t12-/m1/s1. The zero-order valence-corrected chi connectivity index (χ0v) is 13.9. The fourth-order valence-electron chi connectivity index (χ4n) is 1.83. The van der Waals surface area contributed by atoms with E-state index < -0.39 is 0 Å². The van der Waals surface area contributed by atoms with Crippen LogP contribution in [0.15, 0.2) is 53.4 Å². The summed E-state index contributed by atoms with van der Waals surface area (Å²) in [5.74, 6) is -0.139. The van der Waals surface area contributed by atoms with Gasteiger partial charge in [-0.15, -0.1) is 11.8 Å². The average Bonchev–Trinajstić information content (AvgIpc) is 2.49. The number of benzene rings is 2. The fourth-order valence-corrected chi connectivity index (χ4v) is 2.82. The van der Waals surface area contributed by atoms with Gasteiger partial charge in [0.15, 0.2) is 5.78 Å². The minimum atomic E-state index is -0.262. The van der Waals surface area contributed by atoms with Crippen LogP contribution in [0.1, 0.15) is 24.2 Å². The van der Waals surface area contributed by atoms with E-state index in [0.29, 0.717) is 16.3 Å². The van der Waals surface area contributed by atoms with Crippen LogP contribution in [-0.2, 0) is 4.79 Å². The zero-order valence-electron chi connectivity index (χ0n) is 12.3. The van der Waals surface area contributed by atoms with Crippen molar-refractivity contribution in [3.63, 3.8) is 0 Å². The Kier molecular flexibility index (Phi) is 5.63. The van der Waals surface area contributed by atoms with Crippen LogP contribution in [0.2, 0.25) is 5.02 Å². The Morgan fingerprint density at radius 2 is 1.82 bits per heavy atom. The van der Waals surface area contributed by atoms with E-state index in [-0.39, 0.29) is 16.9 Å². The molecule has 0 heterocycles. The van der Waals surface area contributed by atoms with Gasteiger partial charge >= 0.3 is 0 Å². The highest BCUT2D eigenvalue weighted by Gasteiger charge is 2.15. The summed E-state index contributed by atoms with van der Waals surface area (Å²) < 4.78 is 0. The number of amides is 1. The molecule has 2 rings (SSSR count). The summed E-state index contributed by atoms with van der Waals surface area (Å²) in [6.45, 7) is 3.34. The van der Waals surface area contributed by atoms with E-state index in [4.69, 9.17) is 11.6 Å². The molecule has 0 spiro atoms. The van der Waals surface area contributed by atoms with E-state index in [0.717, 1.165) is 4.90 Å². The molecule has 0 saturated carbocycles. The first-order valence-corrected chi connectivity index (χ1v) is 8.05. The van der Waals surface area contributed by atoms with Crippen molar-refractivity contribution in [3.05, 3.63) is 59.1 Å². The first kappa shape index (κ1) is 16.6. The van der Waals surface area contributed by atoms with Crippen molar-refractivity contribution >= 4 is 40.7 Å². The highest BCUT2D eigenvalue weighted by Crippen LogP contribution is 2.25. The Balaban J connectivity index is 2.00. The first-order chi connectivity index (χ1) is 10.5. The van der Waals surface area contributed by atoms with Gasteiger partial charge in [0.2, 0.25) is 5.91 Å². The Morgan fingerprint density at radius 3 is 2.45 bits per heavy atom. The molecule has 1 amide bonds. The lowest BCUT2D eigenvalue weighted by molar-refractivity contribution is -0.115. The second kappa shape index (κ2) is 7.47. The molecule has 3 nitrogen and oxygen atoms in total. The zero-order chi connectivity index (χ0) is 16.1. The molecule has 114 valence electrons. The number of carbonyl (C=O) groups is 2. The number of nitrogens with one attached hydrogen (secondary N) is 1. The Labute approximate surface area is 139 Å².